The van der Waals surface area contributed by atoms with Crippen molar-refractivity contribution in [1.29, 1.82) is 0 Å². The first kappa shape index (κ1) is 15.9. The van der Waals surface area contributed by atoms with Gasteiger partial charge in [-0.15, -0.1) is 0 Å². The molecule has 20 heavy (non-hydrogen) atoms. The number of piperidine rings is 1. The second-order valence-electron chi connectivity index (χ2n) is 5.00. The van der Waals surface area contributed by atoms with Crippen molar-refractivity contribution in [1.82, 2.24) is 4.31 Å². The van der Waals surface area contributed by atoms with E-state index in [1.165, 1.54) is 23.5 Å². The van der Waals surface area contributed by atoms with Crippen LogP contribution in [0.1, 0.15) is 19.8 Å². The van der Waals surface area contributed by atoms with Gasteiger partial charge in [0.1, 0.15) is 9.92 Å². The zero-order chi connectivity index (χ0) is 14.9. The third-order valence-electron chi connectivity index (χ3n) is 3.46. The van der Waals surface area contributed by atoms with Crippen LogP contribution >= 0.6 is 23.2 Å². The molecule has 0 spiro atoms. The summed E-state index contributed by atoms with van der Waals surface area (Å²) in [5.41, 5.74) is 0. The van der Waals surface area contributed by atoms with Crippen LogP contribution in [0.2, 0.25) is 10.0 Å². The first-order valence-corrected chi connectivity index (χ1v) is 8.59. The summed E-state index contributed by atoms with van der Waals surface area (Å²) < 4.78 is 32.1. The number of halogens is 2. The van der Waals surface area contributed by atoms with E-state index in [2.05, 4.69) is 0 Å². The van der Waals surface area contributed by atoms with Gasteiger partial charge in [-0.2, -0.15) is 4.31 Å². The summed E-state index contributed by atoms with van der Waals surface area (Å²) in [6.07, 6.45) is 1.91. The molecular weight excluding hydrogens is 321 g/mol. The Morgan fingerprint density at radius 1 is 1.35 bits per heavy atom. The van der Waals surface area contributed by atoms with Crippen LogP contribution < -0.4 is 4.74 Å². The molecule has 1 aromatic rings. The lowest BCUT2D eigenvalue weighted by molar-refractivity contribution is 0.280. The lowest BCUT2D eigenvalue weighted by Crippen LogP contribution is -2.39. The summed E-state index contributed by atoms with van der Waals surface area (Å²) in [4.78, 5) is 0.0727. The van der Waals surface area contributed by atoms with Crippen LogP contribution in [0.4, 0.5) is 0 Å². The van der Waals surface area contributed by atoms with E-state index in [1.807, 2.05) is 6.92 Å². The Morgan fingerprint density at radius 3 is 2.65 bits per heavy atom. The molecule has 0 aliphatic carbocycles. The molecule has 0 bridgehead atoms. The molecule has 1 atom stereocenters. The minimum absolute atomic E-state index is 0.0727. The van der Waals surface area contributed by atoms with Gasteiger partial charge in [0.05, 0.1) is 12.1 Å². The van der Waals surface area contributed by atoms with Crippen molar-refractivity contribution in [2.45, 2.75) is 24.7 Å². The topological polar surface area (TPSA) is 46.6 Å². The minimum Gasteiger partial charge on any atom is -0.494 e. The van der Waals surface area contributed by atoms with Gasteiger partial charge in [0.2, 0.25) is 10.0 Å². The largest absolute Gasteiger partial charge is 0.494 e. The molecule has 1 heterocycles. The monoisotopic (exact) mass is 337 g/mol. The third-order valence-corrected chi connectivity index (χ3v) is 6.13. The lowest BCUT2D eigenvalue weighted by atomic mass is 10.0. The second-order valence-corrected chi connectivity index (χ2v) is 7.69. The van der Waals surface area contributed by atoms with Gasteiger partial charge in [-0.05, 0) is 30.9 Å². The standard InChI is InChI=1S/C13H17Cl2NO3S/c1-9-4-3-7-16(8-9)20(17,18)11-6-5-10(14)12(15)13(11)19-2/h5-6,9H,3-4,7-8H2,1-2H3/t9-/m1/s1. The molecule has 0 N–H and O–H groups in total. The SMILES string of the molecule is COc1c(S(=O)(=O)N2CCC[C@@H](C)C2)ccc(Cl)c1Cl. The van der Waals surface area contributed by atoms with Crippen LogP contribution in [0.3, 0.4) is 0 Å². The molecular formula is C13H17Cl2NO3S. The Hall–Kier alpha value is -0.490. The molecule has 1 aromatic carbocycles. The van der Waals surface area contributed by atoms with Crippen molar-refractivity contribution in [2.75, 3.05) is 20.2 Å². The average Bonchev–Trinajstić information content (AvgIpc) is 2.41. The maximum absolute atomic E-state index is 12.7. The fraction of sp³-hybridized carbons (Fsp3) is 0.538. The predicted molar refractivity (Wildman–Crippen MR) is 80.2 cm³/mol. The highest BCUT2D eigenvalue weighted by Crippen LogP contribution is 2.39. The molecule has 1 saturated heterocycles. The van der Waals surface area contributed by atoms with Crippen molar-refractivity contribution in [3.05, 3.63) is 22.2 Å². The molecule has 1 fully saturated rings. The van der Waals surface area contributed by atoms with Crippen LogP contribution in [-0.4, -0.2) is 32.9 Å². The van der Waals surface area contributed by atoms with Gasteiger partial charge >= 0.3 is 0 Å². The van der Waals surface area contributed by atoms with E-state index in [0.717, 1.165) is 12.8 Å². The average molecular weight is 338 g/mol. The summed E-state index contributed by atoms with van der Waals surface area (Å²) in [6, 6.07) is 2.92. The first-order valence-electron chi connectivity index (χ1n) is 6.40. The highest BCUT2D eigenvalue weighted by Gasteiger charge is 2.32. The van der Waals surface area contributed by atoms with Crippen LogP contribution in [0.15, 0.2) is 17.0 Å². The highest BCUT2D eigenvalue weighted by atomic mass is 35.5. The Kier molecular flexibility index (Phi) is 4.84. The smallest absolute Gasteiger partial charge is 0.246 e. The predicted octanol–water partition coefficient (Wildman–Crippen LogP) is 3.42. The molecule has 0 saturated carbocycles. The summed E-state index contributed by atoms with van der Waals surface area (Å²) >= 11 is 11.9. The highest BCUT2D eigenvalue weighted by molar-refractivity contribution is 7.89. The van der Waals surface area contributed by atoms with Crippen molar-refractivity contribution in [3.8, 4) is 5.75 Å². The number of benzene rings is 1. The van der Waals surface area contributed by atoms with E-state index in [9.17, 15) is 8.42 Å². The van der Waals surface area contributed by atoms with Gasteiger partial charge in [0, 0.05) is 13.1 Å². The van der Waals surface area contributed by atoms with E-state index in [1.54, 1.807) is 0 Å². The maximum atomic E-state index is 12.7. The number of hydrogen-bond donors (Lipinski definition) is 0. The molecule has 0 radical (unpaired) electrons. The van der Waals surface area contributed by atoms with E-state index in [0.29, 0.717) is 19.0 Å². The van der Waals surface area contributed by atoms with E-state index in [4.69, 9.17) is 27.9 Å². The van der Waals surface area contributed by atoms with Gasteiger partial charge in [-0.3, -0.25) is 0 Å². The summed E-state index contributed by atoms with van der Waals surface area (Å²) in [5, 5.41) is 0.398. The minimum atomic E-state index is -3.61. The number of nitrogens with zero attached hydrogens (tertiary/aromatic N) is 1. The number of rotatable bonds is 3. The molecule has 0 amide bonds. The zero-order valence-corrected chi connectivity index (χ0v) is 13.7. The van der Waals surface area contributed by atoms with Gasteiger partial charge in [0.15, 0.2) is 5.75 Å². The number of hydrogen-bond acceptors (Lipinski definition) is 3. The van der Waals surface area contributed by atoms with Gasteiger partial charge < -0.3 is 4.74 Å². The van der Waals surface area contributed by atoms with E-state index >= 15 is 0 Å². The maximum Gasteiger partial charge on any atom is 0.246 e. The Labute approximate surface area is 129 Å². The van der Waals surface area contributed by atoms with Crippen molar-refractivity contribution in [2.24, 2.45) is 5.92 Å². The third kappa shape index (κ3) is 2.91. The number of methoxy groups -OCH3 is 1. The fourth-order valence-electron chi connectivity index (χ4n) is 2.41. The van der Waals surface area contributed by atoms with Gasteiger partial charge in [-0.1, -0.05) is 30.1 Å². The van der Waals surface area contributed by atoms with Gasteiger partial charge in [0.25, 0.3) is 0 Å². The van der Waals surface area contributed by atoms with Crippen LogP contribution in [0.5, 0.6) is 5.75 Å². The normalized spacial score (nSPS) is 20.9. The Morgan fingerprint density at radius 2 is 2.05 bits per heavy atom. The van der Waals surface area contributed by atoms with Crippen molar-refractivity contribution >= 4 is 33.2 Å². The van der Waals surface area contributed by atoms with Crippen LogP contribution in [-0.2, 0) is 10.0 Å². The molecule has 0 unspecified atom stereocenters. The first-order chi connectivity index (χ1) is 9.37. The number of sulfonamides is 1. The molecule has 7 heteroatoms. The molecule has 4 nitrogen and oxygen atoms in total. The Bertz CT molecular complexity index is 604. The summed E-state index contributed by atoms with van der Waals surface area (Å²) in [6.45, 7) is 3.09. The number of ether oxygens (including phenoxy) is 1. The van der Waals surface area contributed by atoms with E-state index in [-0.39, 0.29) is 20.7 Å². The Balaban J connectivity index is 2.46. The lowest BCUT2D eigenvalue weighted by Gasteiger charge is -2.30. The van der Waals surface area contributed by atoms with Crippen LogP contribution in [0, 0.1) is 5.92 Å². The quantitative estimate of drug-likeness (QED) is 0.848. The summed E-state index contributed by atoms with van der Waals surface area (Å²) in [7, 11) is -2.23. The molecule has 1 aliphatic heterocycles. The molecule has 2 rings (SSSR count). The molecule has 1 aliphatic rings. The van der Waals surface area contributed by atoms with Crippen molar-refractivity contribution in [3.63, 3.8) is 0 Å². The molecule has 0 aromatic heterocycles. The van der Waals surface area contributed by atoms with E-state index < -0.39 is 10.0 Å². The van der Waals surface area contributed by atoms with Crippen LogP contribution in [0.25, 0.3) is 0 Å². The summed E-state index contributed by atoms with van der Waals surface area (Å²) in [5.74, 6) is 0.463. The fourth-order valence-corrected chi connectivity index (χ4v) is 4.62. The van der Waals surface area contributed by atoms with Crippen molar-refractivity contribution < 1.29 is 13.2 Å². The zero-order valence-electron chi connectivity index (χ0n) is 11.4. The second kappa shape index (κ2) is 6.10. The van der Waals surface area contributed by atoms with Gasteiger partial charge in [-0.25, -0.2) is 8.42 Å². The molecule has 112 valence electrons.